The Morgan fingerprint density at radius 3 is 2.60 bits per heavy atom. The van der Waals surface area contributed by atoms with Crippen LogP contribution < -0.4 is 5.56 Å². The van der Waals surface area contributed by atoms with Crippen molar-refractivity contribution in [2.24, 2.45) is 0 Å². The summed E-state index contributed by atoms with van der Waals surface area (Å²) < 4.78 is 1.37. The first-order chi connectivity index (χ1) is 9.63. The fraction of sp³-hybridized carbons (Fsp3) is 0.133. The summed E-state index contributed by atoms with van der Waals surface area (Å²) in [5.74, 6) is 0. The first-order valence-corrected chi connectivity index (χ1v) is 6.05. The second-order valence-electron chi connectivity index (χ2n) is 4.41. The zero-order valence-electron chi connectivity index (χ0n) is 11.3. The van der Waals surface area contributed by atoms with E-state index in [2.05, 4.69) is 4.98 Å². The predicted molar refractivity (Wildman–Crippen MR) is 77.3 cm³/mol. The van der Waals surface area contributed by atoms with Gasteiger partial charge in [-0.3, -0.25) is 9.36 Å². The number of rotatable bonds is 3. The van der Waals surface area contributed by atoms with Gasteiger partial charge in [-0.1, -0.05) is 18.2 Å². The molecule has 0 saturated heterocycles. The smallest absolute Gasteiger partial charge is 0.276 e. The van der Waals surface area contributed by atoms with Crippen LogP contribution in [0.15, 0.2) is 47.7 Å². The van der Waals surface area contributed by atoms with Crippen molar-refractivity contribution >= 4 is 6.08 Å². The zero-order valence-corrected chi connectivity index (χ0v) is 11.3. The molecule has 0 aliphatic rings. The van der Waals surface area contributed by atoms with Crippen LogP contribution in [0.1, 0.15) is 11.3 Å². The van der Waals surface area contributed by atoms with E-state index in [4.69, 9.17) is 0 Å². The molecule has 0 unspecified atom stereocenters. The molecule has 100 valence electrons. The van der Waals surface area contributed by atoms with Crippen LogP contribution in [0.4, 0.5) is 0 Å². The van der Waals surface area contributed by atoms with E-state index in [1.807, 2.05) is 43.3 Å². The number of hydrogen-bond donors (Lipinski definition) is 0. The summed E-state index contributed by atoms with van der Waals surface area (Å²) in [4.78, 5) is 18.3. The minimum absolute atomic E-state index is 0.0365. The first kappa shape index (κ1) is 13.6. The first-order valence-electron chi connectivity index (χ1n) is 6.05. The van der Waals surface area contributed by atoms with Crippen LogP contribution in [-0.4, -0.2) is 28.5 Å². The van der Waals surface area contributed by atoms with Gasteiger partial charge < -0.3 is 4.90 Å². The molecule has 0 bridgehead atoms. The zero-order chi connectivity index (χ0) is 14.5. The van der Waals surface area contributed by atoms with Gasteiger partial charge in [0.05, 0.1) is 11.4 Å². The van der Waals surface area contributed by atoms with Crippen LogP contribution in [0.3, 0.4) is 0 Å². The molecule has 0 aliphatic carbocycles. The third-order valence-corrected chi connectivity index (χ3v) is 2.68. The lowest BCUT2D eigenvalue weighted by Crippen LogP contribution is -2.22. The van der Waals surface area contributed by atoms with Crippen molar-refractivity contribution in [2.45, 2.75) is 0 Å². The molecule has 0 radical (unpaired) electrons. The maximum atomic E-state index is 12.3. The maximum Gasteiger partial charge on any atom is 0.276 e. The van der Waals surface area contributed by atoms with Crippen LogP contribution in [0.5, 0.6) is 0 Å². The standard InChI is InChI=1S/C15H14N4O/c1-18(2)9-8-14-13(10-16)15(20)19(11-17-14)12-6-4-3-5-7-12/h3-9,11H,1-2H3/b9-8+. The van der Waals surface area contributed by atoms with Crippen LogP contribution >= 0.6 is 0 Å². The Balaban J connectivity index is 2.56. The molecule has 0 saturated carbocycles. The highest BCUT2D eigenvalue weighted by Gasteiger charge is 2.10. The van der Waals surface area contributed by atoms with E-state index >= 15 is 0 Å². The molecule has 0 atom stereocenters. The summed E-state index contributed by atoms with van der Waals surface area (Å²) in [7, 11) is 3.71. The van der Waals surface area contributed by atoms with Gasteiger partial charge in [-0.15, -0.1) is 0 Å². The molecule has 1 aromatic heterocycles. The SMILES string of the molecule is CN(C)/C=C/c1ncn(-c2ccccc2)c(=O)c1C#N. The van der Waals surface area contributed by atoms with E-state index in [1.54, 1.807) is 24.4 Å². The molecule has 0 fully saturated rings. The Hall–Kier alpha value is -2.87. The maximum absolute atomic E-state index is 12.3. The van der Waals surface area contributed by atoms with Crippen LogP contribution in [0.2, 0.25) is 0 Å². The third kappa shape index (κ3) is 2.75. The summed E-state index contributed by atoms with van der Waals surface area (Å²) >= 11 is 0. The molecule has 2 aromatic rings. The summed E-state index contributed by atoms with van der Waals surface area (Å²) in [5.41, 5.74) is 0.726. The number of benzene rings is 1. The van der Waals surface area contributed by atoms with Crippen molar-refractivity contribution < 1.29 is 0 Å². The molecule has 0 spiro atoms. The van der Waals surface area contributed by atoms with Gasteiger partial charge in [0, 0.05) is 20.3 Å². The van der Waals surface area contributed by atoms with Gasteiger partial charge in [0.15, 0.2) is 0 Å². The molecule has 0 amide bonds. The fourth-order valence-corrected chi connectivity index (χ4v) is 1.69. The Morgan fingerprint density at radius 2 is 2.00 bits per heavy atom. The highest BCUT2D eigenvalue weighted by atomic mass is 16.1. The van der Waals surface area contributed by atoms with Crippen molar-refractivity contribution in [2.75, 3.05) is 14.1 Å². The monoisotopic (exact) mass is 266 g/mol. The van der Waals surface area contributed by atoms with E-state index in [0.717, 1.165) is 0 Å². The minimum Gasteiger partial charge on any atom is -0.383 e. The Bertz CT molecular complexity index is 724. The molecule has 1 aromatic carbocycles. The number of aromatic nitrogens is 2. The highest BCUT2D eigenvalue weighted by molar-refractivity contribution is 5.53. The summed E-state index contributed by atoms with van der Waals surface area (Å²) in [6.45, 7) is 0. The van der Waals surface area contributed by atoms with Gasteiger partial charge in [0.2, 0.25) is 0 Å². The number of para-hydroxylation sites is 1. The number of nitrogens with zero attached hydrogens (tertiary/aromatic N) is 4. The van der Waals surface area contributed by atoms with Crippen molar-refractivity contribution in [1.29, 1.82) is 5.26 Å². The summed E-state index contributed by atoms with van der Waals surface area (Å²) in [6.07, 6.45) is 4.83. The minimum atomic E-state index is -0.368. The average Bonchev–Trinajstić information content (AvgIpc) is 2.46. The van der Waals surface area contributed by atoms with Crippen LogP contribution in [0.25, 0.3) is 11.8 Å². The van der Waals surface area contributed by atoms with Gasteiger partial charge in [0.25, 0.3) is 5.56 Å². The van der Waals surface area contributed by atoms with E-state index in [-0.39, 0.29) is 11.1 Å². The topological polar surface area (TPSA) is 61.9 Å². The lowest BCUT2D eigenvalue weighted by atomic mass is 10.2. The lowest BCUT2D eigenvalue weighted by molar-refractivity contribution is 0.567. The van der Waals surface area contributed by atoms with Crippen molar-refractivity contribution in [3.63, 3.8) is 0 Å². The van der Waals surface area contributed by atoms with Crippen molar-refractivity contribution in [3.05, 3.63) is 64.5 Å². The van der Waals surface area contributed by atoms with Gasteiger partial charge in [-0.2, -0.15) is 5.26 Å². The molecule has 2 rings (SSSR count). The molecule has 20 heavy (non-hydrogen) atoms. The van der Waals surface area contributed by atoms with Crippen molar-refractivity contribution in [3.8, 4) is 11.8 Å². The van der Waals surface area contributed by atoms with E-state index in [0.29, 0.717) is 11.4 Å². The molecule has 0 aliphatic heterocycles. The summed E-state index contributed by atoms with van der Waals surface area (Å²) in [5, 5.41) is 9.19. The van der Waals surface area contributed by atoms with Gasteiger partial charge in [-0.05, 0) is 18.2 Å². The van der Waals surface area contributed by atoms with Crippen LogP contribution in [-0.2, 0) is 0 Å². The molecular weight excluding hydrogens is 252 g/mol. The summed E-state index contributed by atoms with van der Waals surface area (Å²) in [6, 6.07) is 11.0. The predicted octanol–water partition coefficient (Wildman–Crippen LogP) is 1.64. The Labute approximate surface area is 117 Å². The lowest BCUT2D eigenvalue weighted by Gasteiger charge is -2.07. The number of hydrogen-bond acceptors (Lipinski definition) is 4. The van der Waals surface area contributed by atoms with Crippen LogP contribution in [0, 0.1) is 11.3 Å². The molecule has 0 N–H and O–H groups in total. The van der Waals surface area contributed by atoms with E-state index in [9.17, 15) is 10.1 Å². The average molecular weight is 266 g/mol. The van der Waals surface area contributed by atoms with Crippen molar-refractivity contribution in [1.82, 2.24) is 14.5 Å². The van der Waals surface area contributed by atoms with E-state index < -0.39 is 0 Å². The second-order valence-corrected chi connectivity index (χ2v) is 4.41. The number of nitriles is 1. The largest absolute Gasteiger partial charge is 0.383 e. The Kier molecular flexibility index (Phi) is 3.96. The fourth-order valence-electron chi connectivity index (χ4n) is 1.69. The quantitative estimate of drug-likeness (QED) is 0.847. The Morgan fingerprint density at radius 1 is 1.30 bits per heavy atom. The normalized spacial score (nSPS) is 10.4. The van der Waals surface area contributed by atoms with Gasteiger partial charge >= 0.3 is 0 Å². The second kappa shape index (κ2) is 5.85. The molecular formula is C15H14N4O. The third-order valence-electron chi connectivity index (χ3n) is 2.68. The molecule has 5 nitrogen and oxygen atoms in total. The molecule has 1 heterocycles. The highest BCUT2D eigenvalue weighted by Crippen LogP contribution is 2.07. The van der Waals surface area contributed by atoms with Gasteiger partial charge in [0.1, 0.15) is 18.0 Å². The van der Waals surface area contributed by atoms with E-state index in [1.165, 1.54) is 10.9 Å². The van der Waals surface area contributed by atoms with Gasteiger partial charge in [-0.25, -0.2) is 4.98 Å². The molecule has 5 heteroatoms.